The van der Waals surface area contributed by atoms with Crippen LogP contribution in [-0.4, -0.2) is 15.9 Å². The van der Waals surface area contributed by atoms with Gasteiger partial charge in [0.05, 0.1) is 11.8 Å². The largest absolute Gasteiger partial charge is 0.387 e. The number of rotatable bonds is 4. The lowest BCUT2D eigenvalue weighted by atomic mass is 9.80. The number of aromatic nitrogens is 1. The number of halogens is 3. The number of aliphatic hydroxyl groups excluding tert-OH is 1. The number of hydrogen-bond acceptors (Lipinski definition) is 3. The van der Waals surface area contributed by atoms with E-state index < -0.39 is 29.5 Å². The summed E-state index contributed by atoms with van der Waals surface area (Å²) in [6.07, 6.45) is 1.54. The molecular weight excluding hydrogens is 319 g/mol. The second-order valence-corrected chi connectivity index (χ2v) is 5.94. The molecule has 0 bridgehead atoms. The fourth-order valence-corrected chi connectivity index (χ4v) is 3.19. The van der Waals surface area contributed by atoms with E-state index in [0.717, 1.165) is 0 Å². The van der Waals surface area contributed by atoms with Crippen LogP contribution in [0.2, 0.25) is 0 Å². The molecule has 1 aromatic heterocycles. The zero-order chi connectivity index (χ0) is 17.3. The average molecular weight is 335 g/mol. The minimum Gasteiger partial charge on any atom is -0.387 e. The second-order valence-electron chi connectivity index (χ2n) is 5.94. The fraction of sp³-hybridized carbons (Fsp3) is 0.333. The smallest absolute Gasteiger partial charge is 0.140 e. The Kier molecular flexibility index (Phi) is 4.66. The maximum Gasteiger partial charge on any atom is 0.140 e. The molecule has 0 saturated carbocycles. The molecule has 6 heteroatoms. The van der Waals surface area contributed by atoms with Crippen LogP contribution in [0.1, 0.15) is 48.1 Å². The summed E-state index contributed by atoms with van der Waals surface area (Å²) in [5, 5.41) is 9.96. The number of pyridine rings is 1. The van der Waals surface area contributed by atoms with Gasteiger partial charge in [-0.25, -0.2) is 13.2 Å². The van der Waals surface area contributed by atoms with E-state index in [4.69, 9.17) is 0 Å². The lowest BCUT2D eigenvalue weighted by molar-refractivity contribution is -0.121. The van der Waals surface area contributed by atoms with E-state index in [-0.39, 0.29) is 24.2 Å². The van der Waals surface area contributed by atoms with Crippen molar-refractivity contribution in [2.24, 2.45) is 0 Å². The molecule has 0 spiro atoms. The molecule has 0 radical (unpaired) electrons. The molecule has 3 nitrogen and oxygen atoms in total. The van der Waals surface area contributed by atoms with Crippen LogP contribution in [0.5, 0.6) is 0 Å². The van der Waals surface area contributed by atoms with E-state index >= 15 is 0 Å². The fourth-order valence-electron chi connectivity index (χ4n) is 3.19. The van der Waals surface area contributed by atoms with Crippen LogP contribution in [0, 0.1) is 17.5 Å². The Morgan fingerprint density at radius 1 is 1.21 bits per heavy atom. The number of ketones is 1. The van der Waals surface area contributed by atoms with Gasteiger partial charge in [0.25, 0.3) is 0 Å². The first kappa shape index (κ1) is 16.6. The normalized spacial score (nSPS) is 19.8. The number of benzene rings is 1. The van der Waals surface area contributed by atoms with Gasteiger partial charge in [0, 0.05) is 36.2 Å². The van der Waals surface area contributed by atoms with Gasteiger partial charge in [-0.05, 0) is 30.9 Å². The zero-order valence-electron chi connectivity index (χ0n) is 12.8. The van der Waals surface area contributed by atoms with Gasteiger partial charge in [0.2, 0.25) is 0 Å². The first-order valence-corrected chi connectivity index (χ1v) is 7.76. The highest BCUT2D eigenvalue weighted by Crippen LogP contribution is 2.37. The van der Waals surface area contributed by atoms with Crippen LogP contribution in [0.25, 0.3) is 0 Å². The number of aliphatic hydroxyl groups is 1. The van der Waals surface area contributed by atoms with Gasteiger partial charge in [-0.2, -0.15) is 0 Å². The van der Waals surface area contributed by atoms with Crippen molar-refractivity contribution in [3.8, 4) is 0 Å². The summed E-state index contributed by atoms with van der Waals surface area (Å²) in [5.74, 6) is -3.56. The Morgan fingerprint density at radius 2 is 1.92 bits per heavy atom. The summed E-state index contributed by atoms with van der Waals surface area (Å²) in [6, 6.07) is 4.65. The standard InChI is InChI=1S/C18H16F3NO2/c19-10-8-14(20)13(15(21)9-10)4-5-16(23)11-3-6-17(24)18-12(11)2-1-7-22-18/h1-2,7-9,11,17,24H,3-6H2/t11-,17+/m1/s1. The Morgan fingerprint density at radius 3 is 2.62 bits per heavy atom. The molecule has 1 heterocycles. The van der Waals surface area contributed by atoms with Gasteiger partial charge >= 0.3 is 0 Å². The topological polar surface area (TPSA) is 50.2 Å². The number of fused-ring (bicyclic) bond motifs is 1. The first-order valence-electron chi connectivity index (χ1n) is 7.76. The van der Waals surface area contributed by atoms with Crippen LogP contribution in [0.15, 0.2) is 30.5 Å². The van der Waals surface area contributed by atoms with Gasteiger partial charge in [-0.3, -0.25) is 9.78 Å². The molecule has 0 saturated heterocycles. The third-order valence-corrected chi connectivity index (χ3v) is 4.41. The SMILES string of the molecule is O=C(CCc1c(F)cc(F)cc1F)[C@@H]1CC[C@H](O)c2ncccc21. The zero-order valence-corrected chi connectivity index (χ0v) is 12.8. The molecule has 1 N–H and O–H groups in total. The molecule has 0 fully saturated rings. The Hall–Kier alpha value is -2.21. The molecule has 24 heavy (non-hydrogen) atoms. The summed E-state index contributed by atoms with van der Waals surface area (Å²) >= 11 is 0. The third-order valence-electron chi connectivity index (χ3n) is 4.41. The van der Waals surface area contributed by atoms with Crippen molar-refractivity contribution in [1.29, 1.82) is 0 Å². The lowest BCUT2D eigenvalue weighted by Gasteiger charge is -2.27. The number of Topliss-reactive ketones (excluding diaryl/α,β-unsaturated/α-hetero) is 1. The Labute approximate surface area is 137 Å². The Bertz CT molecular complexity index is 756. The van der Waals surface area contributed by atoms with E-state index in [9.17, 15) is 23.1 Å². The molecule has 126 valence electrons. The summed E-state index contributed by atoms with van der Waals surface area (Å²) in [4.78, 5) is 16.6. The monoisotopic (exact) mass is 335 g/mol. The van der Waals surface area contributed by atoms with Gasteiger partial charge in [-0.15, -0.1) is 0 Å². The van der Waals surface area contributed by atoms with E-state index in [1.54, 1.807) is 18.3 Å². The molecule has 2 atom stereocenters. The van der Waals surface area contributed by atoms with Gasteiger partial charge < -0.3 is 5.11 Å². The van der Waals surface area contributed by atoms with Crippen molar-refractivity contribution in [2.75, 3.05) is 0 Å². The Balaban J connectivity index is 1.76. The van der Waals surface area contributed by atoms with Crippen molar-refractivity contribution in [1.82, 2.24) is 4.98 Å². The van der Waals surface area contributed by atoms with Crippen LogP contribution in [0.3, 0.4) is 0 Å². The van der Waals surface area contributed by atoms with Gasteiger partial charge in [0.1, 0.15) is 23.2 Å². The molecule has 0 amide bonds. The van der Waals surface area contributed by atoms with Crippen molar-refractivity contribution < 1.29 is 23.1 Å². The number of hydrogen-bond donors (Lipinski definition) is 1. The minimum absolute atomic E-state index is 0.0609. The molecule has 1 aliphatic rings. The van der Waals surface area contributed by atoms with E-state index in [1.165, 1.54) is 0 Å². The van der Waals surface area contributed by atoms with Crippen molar-refractivity contribution in [2.45, 2.75) is 37.7 Å². The van der Waals surface area contributed by atoms with E-state index in [1.807, 2.05) is 0 Å². The molecule has 1 aromatic carbocycles. The first-order chi connectivity index (χ1) is 11.5. The molecule has 2 aromatic rings. The van der Waals surface area contributed by atoms with E-state index in [2.05, 4.69) is 4.98 Å². The maximum absolute atomic E-state index is 13.7. The van der Waals surface area contributed by atoms with Crippen molar-refractivity contribution >= 4 is 5.78 Å². The summed E-state index contributed by atoms with van der Waals surface area (Å²) in [6.45, 7) is 0. The minimum atomic E-state index is -0.985. The molecular formula is C18H16F3NO2. The van der Waals surface area contributed by atoms with Crippen LogP contribution in [-0.2, 0) is 11.2 Å². The molecule has 0 aliphatic heterocycles. The highest BCUT2D eigenvalue weighted by molar-refractivity contribution is 5.86. The van der Waals surface area contributed by atoms with Gasteiger partial charge in [0.15, 0.2) is 0 Å². The average Bonchev–Trinajstić information content (AvgIpc) is 2.54. The predicted octanol–water partition coefficient (Wildman–Crippen LogP) is 3.61. The number of carbonyl (C=O) groups is 1. The molecule has 1 aliphatic carbocycles. The predicted molar refractivity (Wildman–Crippen MR) is 80.8 cm³/mol. The van der Waals surface area contributed by atoms with Crippen molar-refractivity contribution in [3.63, 3.8) is 0 Å². The number of carbonyl (C=O) groups excluding carboxylic acids is 1. The molecule has 3 rings (SSSR count). The van der Waals surface area contributed by atoms with Crippen LogP contribution in [0.4, 0.5) is 13.2 Å². The highest BCUT2D eigenvalue weighted by Gasteiger charge is 2.31. The maximum atomic E-state index is 13.7. The highest BCUT2D eigenvalue weighted by atomic mass is 19.1. The molecule has 0 unspecified atom stereocenters. The quantitative estimate of drug-likeness (QED) is 0.928. The van der Waals surface area contributed by atoms with Gasteiger partial charge in [-0.1, -0.05) is 6.07 Å². The van der Waals surface area contributed by atoms with Crippen molar-refractivity contribution in [3.05, 3.63) is 64.7 Å². The third kappa shape index (κ3) is 3.19. The summed E-state index contributed by atoms with van der Waals surface area (Å²) < 4.78 is 40.2. The van der Waals surface area contributed by atoms with Crippen LogP contribution >= 0.6 is 0 Å². The van der Waals surface area contributed by atoms with E-state index in [0.29, 0.717) is 36.2 Å². The summed E-state index contributed by atoms with van der Waals surface area (Å²) in [5.41, 5.74) is 0.870. The van der Waals surface area contributed by atoms with Crippen LogP contribution < -0.4 is 0 Å². The summed E-state index contributed by atoms with van der Waals surface area (Å²) in [7, 11) is 0. The number of nitrogens with zero attached hydrogens (tertiary/aromatic N) is 1. The second kappa shape index (κ2) is 6.73. The lowest BCUT2D eigenvalue weighted by Crippen LogP contribution is -2.22.